The van der Waals surface area contributed by atoms with E-state index >= 15 is 0 Å². The summed E-state index contributed by atoms with van der Waals surface area (Å²) in [4.78, 5) is 20.1. The maximum absolute atomic E-state index is 13.3. The van der Waals surface area contributed by atoms with Gasteiger partial charge >= 0.3 is 6.18 Å². The lowest BCUT2D eigenvalue weighted by atomic mass is 10.0. The van der Waals surface area contributed by atoms with Gasteiger partial charge in [0.1, 0.15) is 6.04 Å². The molecule has 0 bridgehead atoms. The van der Waals surface area contributed by atoms with Gasteiger partial charge in [-0.15, -0.1) is 10.2 Å². The number of tetrazole rings is 1. The van der Waals surface area contributed by atoms with Crippen LogP contribution in [0.25, 0.3) is 6.08 Å². The molecular formula is C21H22F3N7O2. The molecule has 0 radical (unpaired) electrons. The monoisotopic (exact) mass is 461 g/mol. The molecular weight excluding hydrogens is 439 g/mol. The molecule has 0 N–H and O–H groups in total. The summed E-state index contributed by atoms with van der Waals surface area (Å²) < 4.78 is 45.0. The van der Waals surface area contributed by atoms with Crippen molar-refractivity contribution in [1.82, 2.24) is 35.2 Å². The standard InChI is InChI=1S/C21H22F3N7O2/c1-13-25-20(33-28-13)18-5-3-4-10-30(18)19(32)9-7-15-6-8-17(21(22,23)24)11-16(15)12-31-27-14(2)26-29-31/h6-9,11,18H,3-5,10,12H2,1-2H3/b9-7+/t18-/m0/s1. The molecule has 12 heteroatoms. The second kappa shape index (κ2) is 9.12. The SMILES string of the molecule is Cc1noc([C@@H]2CCCCN2C(=O)/C=C/c2ccc(C(F)(F)F)cc2Cn2nnc(C)n2)n1. The molecule has 1 fully saturated rings. The summed E-state index contributed by atoms with van der Waals surface area (Å²) in [6.45, 7) is 3.85. The van der Waals surface area contributed by atoms with E-state index < -0.39 is 11.7 Å². The number of aromatic nitrogens is 6. The van der Waals surface area contributed by atoms with Crippen molar-refractivity contribution in [2.24, 2.45) is 0 Å². The van der Waals surface area contributed by atoms with Crippen LogP contribution in [-0.2, 0) is 17.5 Å². The summed E-state index contributed by atoms with van der Waals surface area (Å²) in [6.07, 6.45) is 0.824. The van der Waals surface area contributed by atoms with Crippen LogP contribution in [0.4, 0.5) is 13.2 Å². The number of hydrogen-bond donors (Lipinski definition) is 0. The largest absolute Gasteiger partial charge is 0.416 e. The number of rotatable bonds is 5. The van der Waals surface area contributed by atoms with Crippen LogP contribution in [0.2, 0.25) is 0 Å². The number of piperidine rings is 1. The first kappa shape index (κ1) is 22.6. The minimum atomic E-state index is -4.50. The summed E-state index contributed by atoms with van der Waals surface area (Å²) >= 11 is 0. The van der Waals surface area contributed by atoms with E-state index in [-0.39, 0.29) is 18.5 Å². The molecule has 1 aliphatic rings. The molecule has 1 aromatic carbocycles. The number of carbonyl (C=O) groups is 1. The van der Waals surface area contributed by atoms with E-state index in [9.17, 15) is 18.0 Å². The molecule has 0 spiro atoms. The minimum Gasteiger partial charge on any atom is -0.337 e. The van der Waals surface area contributed by atoms with Crippen molar-refractivity contribution in [3.63, 3.8) is 0 Å². The normalized spacial score (nSPS) is 17.1. The van der Waals surface area contributed by atoms with Gasteiger partial charge in [0.05, 0.1) is 12.1 Å². The molecule has 0 unspecified atom stereocenters. The zero-order valence-corrected chi connectivity index (χ0v) is 18.1. The van der Waals surface area contributed by atoms with Gasteiger partial charge in [0.25, 0.3) is 0 Å². The smallest absolute Gasteiger partial charge is 0.337 e. The highest BCUT2D eigenvalue weighted by Gasteiger charge is 2.32. The highest BCUT2D eigenvalue weighted by atomic mass is 19.4. The van der Waals surface area contributed by atoms with Crippen molar-refractivity contribution < 1.29 is 22.5 Å². The number of alkyl halides is 3. The first-order chi connectivity index (χ1) is 15.7. The third kappa shape index (κ3) is 5.26. The molecule has 0 saturated carbocycles. The van der Waals surface area contributed by atoms with Crippen LogP contribution in [0.3, 0.4) is 0 Å². The Hall–Kier alpha value is -3.57. The van der Waals surface area contributed by atoms with E-state index in [4.69, 9.17) is 4.52 Å². The number of halogens is 3. The van der Waals surface area contributed by atoms with E-state index in [2.05, 4.69) is 25.6 Å². The lowest BCUT2D eigenvalue weighted by Gasteiger charge is -2.32. The molecule has 0 aliphatic carbocycles. The Labute approximate surface area is 187 Å². The van der Waals surface area contributed by atoms with Crippen LogP contribution in [0.5, 0.6) is 0 Å². The van der Waals surface area contributed by atoms with Gasteiger partial charge in [0.2, 0.25) is 11.8 Å². The highest BCUT2D eigenvalue weighted by molar-refractivity contribution is 5.92. The highest BCUT2D eigenvalue weighted by Crippen LogP contribution is 2.32. The Morgan fingerprint density at radius 1 is 1.24 bits per heavy atom. The van der Waals surface area contributed by atoms with Gasteiger partial charge in [-0.2, -0.15) is 23.0 Å². The molecule has 4 rings (SSSR count). The number of amides is 1. The Balaban J connectivity index is 1.59. The lowest BCUT2D eigenvalue weighted by molar-refractivity contribution is -0.137. The molecule has 2 aromatic heterocycles. The fourth-order valence-electron chi connectivity index (χ4n) is 3.78. The fourth-order valence-corrected chi connectivity index (χ4v) is 3.78. The average molecular weight is 461 g/mol. The molecule has 174 valence electrons. The second-order valence-electron chi connectivity index (χ2n) is 7.83. The third-order valence-electron chi connectivity index (χ3n) is 5.35. The molecule has 1 saturated heterocycles. The van der Waals surface area contributed by atoms with Gasteiger partial charge in [-0.1, -0.05) is 11.2 Å². The Kier molecular flexibility index (Phi) is 6.25. The first-order valence-electron chi connectivity index (χ1n) is 10.4. The zero-order valence-electron chi connectivity index (χ0n) is 18.1. The van der Waals surface area contributed by atoms with Crippen molar-refractivity contribution in [3.05, 3.63) is 58.5 Å². The van der Waals surface area contributed by atoms with Gasteiger partial charge in [0, 0.05) is 12.6 Å². The van der Waals surface area contributed by atoms with Crippen molar-refractivity contribution >= 4 is 12.0 Å². The number of benzene rings is 1. The molecule has 1 aliphatic heterocycles. The maximum Gasteiger partial charge on any atom is 0.416 e. The lowest BCUT2D eigenvalue weighted by Crippen LogP contribution is -2.37. The summed E-state index contributed by atoms with van der Waals surface area (Å²) in [5.41, 5.74) is -0.0248. The van der Waals surface area contributed by atoms with Crippen molar-refractivity contribution in [3.8, 4) is 0 Å². The van der Waals surface area contributed by atoms with Crippen molar-refractivity contribution in [2.45, 2.75) is 51.9 Å². The number of carbonyl (C=O) groups excluding carboxylic acids is 1. The van der Waals surface area contributed by atoms with Gasteiger partial charge in [-0.05, 0) is 67.7 Å². The predicted octanol–water partition coefficient (Wildman–Crippen LogP) is 3.51. The third-order valence-corrected chi connectivity index (χ3v) is 5.35. The quantitative estimate of drug-likeness (QED) is 0.536. The van der Waals surface area contributed by atoms with Crippen LogP contribution in [-0.4, -0.2) is 47.7 Å². The number of aryl methyl sites for hydroxylation is 2. The van der Waals surface area contributed by atoms with E-state index in [0.29, 0.717) is 41.6 Å². The number of likely N-dealkylation sites (tertiary alicyclic amines) is 1. The molecule has 3 heterocycles. The Morgan fingerprint density at radius 3 is 2.73 bits per heavy atom. The minimum absolute atomic E-state index is 0.0216. The average Bonchev–Trinajstić information content (AvgIpc) is 3.39. The van der Waals surface area contributed by atoms with Gasteiger partial charge in [-0.3, -0.25) is 4.79 Å². The summed E-state index contributed by atoms with van der Waals surface area (Å²) in [6, 6.07) is 3.03. The van der Waals surface area contributed by atoms with E-state index in [1.54, 1.807) is 18.7 Å². The zero-order chi connectivity index (χ0) is 23.6. The number of nitrogens with zero attached hydrogens (tertiary/aromatic N) is 7. The Morgan fingerprint density at radius 2 is 2.06 bits per heavy atom. The Bertz CT molecular complexity index is 1170. The van der Waals surface area contributed by atoms with Crippen LogP contribution in [0, 0.1) is 13.8 Å². The molecule has 1 amide bonds. The summed E-state index contributed by atoms with van der Waals surface area (Å²) in [7, 11) is 0. The predicted molar refractivity (Wildman–Crippen MR) is 109 cm³/mol. The van der Waals surface area contributed by atoms with Crippen molar-refractivity contribution in [2.75, 3.05) is 6.54 Å². The molecule has 33 heavy (non-hydrogen) atoms. The topological polar surface area (TPSA) is 103 Å². The second-order valence-corrected chi connectivity index (χ2v) is 7.83. The van der Waals surface area contributed by atoms with Crippen molar-refractivity contribution in [1.29, 1.82) is 0 Å². The molecule has 3 aromatic rings. The first-order valence-corrected chi connectivity index (χ1v) is 10.4. The van der Waals surface area contributed by atoms with Crippen LogP contribution in [0.15, 0.2) is 28.8 Å². The molecule has 9 nitrogen and oxygen atoms in total. The van der Waals surface area contributed by atoms with Crippen LogP contribution in [0.1, 0.15) is 59.5 Å². The van der Waals surface area contributed by atoms with Gasteiger partial charge in [-0.25, -0.2) is 0 Å². The number of hydrogen-bond acceptors (Lipinski definition) is 7. The van der Waals surface area contributed by atoms with Gasteiger partial charge < -0.3 is 9.42 Å². The fraction of sp³-hybridized carbons (Fsp3) is 0.429. The van der Waals surface area contributed by atoms with Gasteiger partial charge in [0.15, 0.2) is 11.6 Å². The van der Waals surface area contributed by atoms with Crippen LogP contribution >= 0.6 is 0 Å². The van der Waals surface area contributed by atoms with E-state index in [1.807, 2.05) is 0 Å². The van der Waals surface area contributed by atoms with Crippen LogP contribution < -0.4 is 0 Å². The summed E-state index contributed by atoms with van der Waals surface area (Å²) in [5.74, 6) is 0.999. The summed E-state index contributed by atoms with van der Waals surface area (Å²) in [5, 5.41) is 15.4. The van der Waals surface area contributed by atoms with E-state index in [0.717, 1.165) is 25.0 Å². The maximum atomic E-state index is 13.3. The van der Waals surface area contributed by atoms with E-state index in [1.165, 1.54) is 23.0 Å². The molecule has 1 atom stereocenters.